The van der Waals surface area contributed by atoms with E-state index in [0.29, 0.717) is 23.9 Å². The topological polar surface area (TPSA) is 58.6 Å². The van der Waals surface area contributed by atoms with Gasteiger partial charge in [0.2, 0.25) is 5.91 Å². The lowest BCUT2D eigenvalue weighted by atomic mass is 9.97. The third-order valence-corrected chi connectivity index (χ3v) is 4.69. The number of benzene rings is 2. The van der Waals surface area contributed by atoms with Crippen LogP contribution in [0.25, 0.3) is 0 Å². The second-order valence-corrected chi connectivity index (χ2v) is 6.66. The highest BCUT2D eigenvalue weighted by Gasteiger charge is 2.28. The van der Waals surface area contributed by atoms with Crippen molar-refractivity contribution in [3.05, 3.63) is 59.6 Å². The normalized spacial score (nSPS) is 16.8. The van der Waals surface area contributed by atoms with E-state index in [1.54, 1.807) is 29.2 Å². The van der Waals surface area contributed by atoms with Gasteiger partial charge in [0.15, 0.2) is 6.61 Å². The summed E-state index contributed by atoms with van der Waals surface area (Å²) in [5.41, 5.74) is 0.767. The first kappa shape index (κ1) is 18.3. The van der Waals surface area contributed by atoms with Gasteiger partial charge in [-0.2, -0.15) is 0 Å². The van der Waals surface area contributed by atoms with Crippen LogP contribution in [0.4, 0.5) is 5.69 Å². The van der Waals surface area contributed by atoms with Crippen LogP contribution in [0.1, 0.15) is 12.8 Å². The maximum atomic E-state index is 12.5. The third kappa shape index (κ3) is 4.76. The van der Waals surface area contributed by atoms with Crippen molar-refractivity contribution in [3.63, 3.8) is 0 Å². The molecule has 1 aliphatic heterocycles. The van der Waals surface area contributed by atoms with Gasteiger partial charge in [-0.25, -0.2) is 0 Å². The first-order valence-electron chi connectivity index (χ1n) is 8.64. The number of piperidine rings is 1. The minimum absolute atomic E-state index is 0.0549. The predicted octanol–water partition coefficient (Wildman–Crippen LogP) is 3.60. The van der Waals surface area contributed by atoms with Gasteiger partial charge in [0.1, 0.15) is 5.75 Å². The number of ether oxygens (including phenoxy) is 1. The van der Waals surface area contributed by atoms with Gasteiger partial charge in [-0.15, -0.1) is 0 Å². The first-order valence-corrected chi connectivity index (χ1v) is 9.02. The van der Waals surface area contributed by atoms with Gasteiger partial charge in [-0.3, -0.25) is 9.59 Å². The molecule has 1 N–H and O–H groups in total. The van der Waals surface area contributed by atoms with Crippen molar-refractivity contribution in [2.24, 2.45) is 5.92 Å². The number of nitrogens with one attached hydrogen (secondary N) is 1. The summed E-state index contributed by atoms with van der Waals surface area (Å²) in [6.45, 7) is 0.958. The maximum Gasteiger partial charge on any atom is 0.260 e. The molecule has 1 saturated heterocycles. The number of rotatable bonds is 5. The van der Waals surface area contributed by atoms with Crippen LogP contribution < -0.4 is 10.1 Å². The summed E-state index contributed by atoms with van der Waals surface area (Å²) in [6, 6.07) is 16.4. The fourth-order valence-corrected chi connectivity index (χ4v) is 3.17. The highest BCUT2D eigenvalue weighted by Crippen LogP contribution is 2.24. The lowest BCUT2D eigenvalue weighted by molar-refractivity contribution is -0.136. The Kier molecular flexibility index (Phi) is 6.12. The molecule has 2 amide bonds. The van der Waals surface area contributed by atoms with Crippen LogP contribution >= 0.6 is 11.6 Å². The Morgan fingerprint density at radius 2 is 1.85 bits per heavy atom. The molecule has 26 heavy (non-hydrogen) atoms. The second kappa shape index (κ2) is 8.72. The number of hydrogen-bond donors (Lipinski definition) is 1. The van der Waals surface area contributed by atoms with Gasteiger partial charge in [-0.05, 0) is 37.1 Å². The van der Waals surface area contributed by atoms with E-state index in [2.05, 4.69) is 5.32 Å². The smallest absolute Gasteiger partial charge is 0.260 e. The summed E-state index contributed by atoms with van der Waals surface area (Å²) in [5.74, 6) is 0.0777. The van der Waals surface area contributed by atoms with E-state index in [0.717, 1.165) is 18.5 Å². The van der Waals surface area contributed by atoms with E-state index in [9.17, 15) is 9.59 Å². The quantitative estimate of drug-likeness (QED) is 0.872. The molecule has 0 spiro atoms. The standard InChI is InChI=1S/C20H21ClN2O3/c21-17-10-4-5-11-18(17)26-14-19(24)23-12-6-7-15(13-23)20(25)22-16-8-2-1-3-9-16/h1-5,8-11,15H,6-7,12-14H2,(H,22,25). The van der Waals surface area contributed by atoms with E-state index in [-0.39, 0.29) is 24.3 Å². The molecule has 0 aliphatic carbocycles. The molecule has 1 aliphatic rings. The van der Waals surface area contributed by atoms with Gasteiger partial charge < -0.3 is 15.0 Å². The van der Waals surface area contributed by atoms with Gasteiger partial charge in [-0.1, -0.05) is 41.9 Å². The van der Waals surface area contributed by atoms with Crippen LogP contribution in [0.3, 0.4) is 0 Å². The number of carbonyl (C=O) groups excluding carboxylic acids is 2. The average Bonchev–Trinajstić information content (AvgIpc) is 2.68. The summed E-state index contributed by atoms with van der Waals surface area (Å²) in [4.78, 5) is 26.6. The zero-order chi connectivity index (χ0) is 18.4. The van der Waals surface area contributed by atoms with Gasteiger partial charge in [0, 0.05) is 18.8 Å². The monoisotopic (exact) mass is 372 g/mol. The lowest BCUT2D eigenvalue weighted by Crippen LogP contribution is -2.45. The zero-order valence-corrected chi connectivity index (χ0v) is 15.1. The van der Waals surface area contributed by atoms with Crippen molar-refractivity contribution in [2.75, 3.05) is 25.0 Å². The van der Waals surface area contributed by atoms with Crippen LogP contribution in [-0.4, -0.2) is 36.4 Å². The minimum atomic E-state index is -0.215. The fourth-order valence-electron chi connectivity index (χ4n) is 2.98. The summed E-state index contributed by atoms with van der Waals surface area (Å²) in [5, 5.41) is 3.38. The Hall–Kier alpha value is -2.53. The molecule has 2 aromatic rings. The van der Waals surface area contributed by atoms with Crippen molar-refractivity contribution in [1.29, 1.82) is 0 Å². The summed E-state index contributed by atoms with van der Waals surface area (Å²) < 4.78 is 5.52. The van der Waals surface area contributed by atoms with Crippen LogP contribution in [-0.2, 0) is 9.59 Å². The lowest BCUT2D eigenvalue weighted by Gasteiger charge is -2.32. The third-order valence-electron chi connectivity index (χ3n) is 4.37. The molecule has 1 unspecified atom stereocenters. The number of halogens is 1. The van der Waals surface area contributed by atoms with E-state index >= 15 is 0 Å². The van der Waals surface area contributed by atoms with E-state index < -0.39 is 0 Å². The van der Waals surface area contributed by atoms with Crippen LogP contribution in [0.2, 0.25) is 5.02 Å². The number of nitrogens with zero attached hydrogens (tertiary/aromatic N) is 1. The molecular formula is C20H21ClN2O3. The first-order chi connectivity index (χ1) is 12.6. The number of carbonyl (C=O) groups is 2. The molecule has 2 aromatic carbocycles. The number of likely N-dealkylation sites (tertiary alicyclic amines) is 1. The second-order valence-electron chi connectivity index (χ2n) is 6.25. The fraction of sp³-hybridized carbons (Fsp3) is 0.300. The van der Waals surface area contributed by atoms with Crippen molar-refractivity contribution in [1.82, 2.24) is 4.90 Å². The number of hydrogen-bond acceptors (Lipinski definition) is 3. The van der Waals surface area contributed by atoms with Crippen molar-refractivity contribution < 1.29 is 14.3 Å². The molecular weight excluding hydrogens is 352 g/mol. The number of para-hydroxylation sites is 2. The predicted molar refractivity (Wildman–Crippen MR) is 101 cm³/mol. The minimum Gasteiger partial charge on any atom is -0.482 e. The molecule has 0 saturated carbocycles. The molecule has 0 radical (unpaired) electrons. The number of amides is 2. The van der Waals surface area contributed by atoms with Crippen LogP contribution in [0.15, 0.2) is 54.6 Å². The molecule has 0 bridgehead atoms. The molecule has 1 heterocycles. The van der Waals surface area contributed by atoms with Crippen molar-refractivity contribution in [3.8, 4) is 5.75 Å². The Morgan fingerprint density at radius 3 is 2.62 bits per heavy atom. The van der Waals surface area contributed by atoms with Crippen molar-refractivity contribution >= 4 is 29.1 Å². The molecule has 1 atom stereocenters. The molecule has 5 nitrogen and oxygen atoms in total. The molecule has 136 valence electrons. The highest BCUT2D eigenvalue weighted by molar-refractivity contribution is 6.32. The molecule has 3 rings (SSSR count). The Balaban J connectivity index is 1.53. The summed E-state index contributed by atoms with van der Waals surface area (Å²) in [7, 11) is 0. The molecule has 1 fully saturated rings. The maximum absolute atomic E-state index is 12.5. The average molecular weight is 373 g/mol. The van der Waals surface area contributed by atoms with Crippen LogP contribution in [0.5, 0.6) is 5.75 Å². The van der Waals surface area contributed by atoms with Gasteiger partial charge in [0.05, 0.1) is 10.9 Å². The molecule has 0 aromatic heterocycles. The Bertz CT molecular complexity index is 767. The summed E-state index contributed by atoms with van der Waals surface area (Å²) in [6.07, 6.45) is 1.57. The van der Waals surface area contributed by atoms with E-state index in [4.69, 9.17) is 16.3 Å². The van der Waals surface area contributed by atoms with Gasteiger partial charge in [0.25, 0.3) is 5.91 Å². The van der Waals surface area contributed by atoms with Gasteiger partial charge >= 0.3 is 0 Å². The summed E-state index contributed by atoms with van der Waals surface area (Å²) >= 11 is 6.03. The Morgan fingerprint density at radius 1 is 1.12 bits per heavy atom. The molecule has 6 heteroatoms. The largest absolute Gasteiger partial charge is 0.482 e. The Labute approximate surface area is 157 Å². The zero-order valence-electron chi connectivity index (χ0n) is 14.4. The van der Waals surface area contributed by atoms with E-state index in [1.165, 1.54) is 0 Å². The highest BCUT2D eigenvalue weighted by atomic mass is 35.5. The SMILES string of the molecule is O=C(Nc1ccccc1)C1CCCN(C(=O)COc2ccccc2Cl)C1. The number of anilines is 1. The van der Waals surface area contributed by atoms with Crippen molar-refractivity contribution in [2.45, 2.75) is 12.8 Å². The van der Waals surface area contributed by atoms with Crippen LogP contribution in [0, 0.1) is 5.92 Å². The van der Waals surface area contributed by atoms with E-state index in [1.807, 2.05) is 30.3 Å².